The van der Waals surface area contributed by atoms with Gasteiger partial charge in [0, 0.05) is 22.9 Å². The molecule has 0 fully saturated rings. The molecule has 2 heterocycles. The van der Waals surface area contributed by atoms with Gasteiger partial charge in [-0.2, -0.15) is 5.10 Å². The number of fused-ring (bicyclic) bond motifs is 3. The quantitative estimate of drug-likeness (QED) is 0.744. The average Bonchev–Trinajstić information content (AvgIpc) is 3.01. The first-order chi connectivity index (χ1) is 10.1. The van der Waals surface area contributed by atoms with Gasteiger partial charge < -0.3 is 14.9 Å². The highest BCUT2D eigenvalue weighted by Crippen LogP contribution is 2.28. The molecule has 1 aromatic carbocycles. The zero-order valence-electron chi connectivity index (χ0n) is 12.0. The fraction of sp³-hybridized carbons (Fsp3) is 0.333. The number of nitrogens with two attached hydrogens (primary N) is 1. The highest BCUT2D eigenvalue weighted by molar-refractivity contribution is 6.06. The summed E-state index contributed by atoms with van der Waals surface area (Å²) in [4.78, 5) is 11.8. The van der Waals surface area contributed by atoms with Crippen molar-refractivity contribution in [2.45, 2.75) is 26.4 Å². The van der Waals surface area contributed by atoms with Crippen molar-refractivity contribution in [2.75, 3.05) is 6.61 Å². The lowest BCUT2D eigenvalue weighted by Gasteiger charge is -2.06. The third kappa shape index (κ3) is 2.38. The zero-order chi connectivity index (χ0) is 15.0. The molecule has 3 aromatic rings. The molecule has 0 bridgehead atoms. The number of hydrogen-bond donors (Lipinski definition) is 1. The van der Waals surface area contributed by atoms with Crippen LogP contribution in [0.1, 0.15) is 24.4 Å². The molecule has 0 radical (unpaired) electrons. The van der Waals surface area contributed by atoms with E-state index in [2.05, 4.69) is 5.10 Å². The number of aromatic nitrogens is 2. The summed E-state index contributed by atoms with van der Waals surface area (Å²) < 4.78 is 12.4. The Bertz CT molecular complexity index is 801. The highest BCUT2D eigenvalue weighted by atomic mass is 16.5. The van der Waals surface area contributed by atoms with Gasteiger partial charge in [-0.05, 0) is 26.0 Å². The Hall–Kier alpha value is -2.34. The van der Waals surface area contributed by atoms with Crippen molar-refractivity contribution in [1.82, 2.24) is 9.78 Å². The topological polar surface area (TPSA) is 83.3 Å². The van der Waals surface area contributed by atoms with Crippen LogP contribution in [0.25, 0.3) is 21.9 Å². The van der Waals surface area contributed by atoms with E-state index in [1.807, 2.05) is 23.7 Å². The molecule has 2 N–H and O–H groups in total. The minimum Gasteiger partial charge on any atom is -0.460 e. The molecule has 110 valence electrons. The number of benzene rings is 1. The molecule has 0 saturated heterocycles. The molecule has 0 spiro atoms. The van der Waals surface area contributed by atoms with Crippen LogP contribution in [0.4, 0.5) is 0 Å². The summed E-state index contributed by atoms with van der Waals surface area (Å²) in [5, 5.41) is 6.18. The molecule has 3 rings (SSSR count). The zero-order valence-corrected chi connectivity index (χ0v) is 12.0. The first-order valence-corrected chi connectivity index (χ1v) is 6.91. The summed E-state index contributed by atoms with van der Waals surface area (Å²) in [5.41, 5.74) is 7.41. The Kier molecular flexibility index (Phi) is 3.39. The summed E-state index contributed by atoms with van der Waals surface area (Å²) >= 11 is 0. The van der Waals surface area contributed by atoms with Crippen LogP contribution in [0.2, 0.25) is 0 Å². The molecule has 21 heavy (non-hydrogen) atoms. The summed E-state index contributed by atoms with van der Waals surface area (Å²) in [6.45, 7) is 4.60. The van der Waals surface area contributed by atoms with Crippen LogP contribution in [-0.2, 0) is 11.3 Å². The molecule has 0 aliphatic rings. The van der Waals surface area contributed by atoms with Gasteiger partial charge in [-0.1, -0.05) is 0 Å². The maximum atomic E-state index is 11.8. The van der Waals surface area contributed by atoms with Gasteiger partial charge in [0.2, 0.25) is 5.76 Å². The van der Waals surface area contributed by atoms with E-state index in [4.69, 9.17) is 14.9 Å². The Labute approximate surface area is 121 Å². The van der Waals surface area contributed by atoms with Gasteiger partial charge in [0.1, 0.15) is 5.58 Å². The van der Waals surface area contributed by atoms with Crippen LogP contribution < -0.4 is 5.73 Å². The highest BCUT2D eigenvalue weighted by Gasteiger charge is 2.17. The molecule has 0 aliphatic carbocycles. The van der Waals surface area contributed by atoms with Crippen molar-refractivity contribution >= 4 is 27.8 Å². The van der Waals surface area contributed by atoms with Crippen LogP contribution in [-0.4, -0.2) is 28.4 Å². The monoisotopic (exact) mass is 287 g/mol. The van der Waals surface area contributed by atoms with Gasteiger partial charge >= 0.3 is 5.97 Å². The molecule has 0 unspecified atom stereocenters. The standard InChI is InChI=1S/C15H17N3O3/c1-3-20-15(19)13-6-11-12(21-13)5-4-10-7-17-18(14(10)11)8-9(2)16/h4-7,9H,3,8,16H2,1-2H3/t9-/m0/s1. The summed E-state index contributed by atoms with van der Waals surface area (Å²) in [5.74, 6) is -0.256. The smallest absolute Gasteiger partial charge is 0.374 e. The SMILES string of the molecule is CCOC(=O)c1cc2c(ccc3cnn(C[C@H](C)N)c32)o1. The van der Waals surface area contributed by atoms with Crippen molar-refractivity contribution in [3.63, 3.8) is 0 Å². The van der Waals surface area contributed by atoms with Crippen molar-refractivity contribution < 1.29 is 13.9 Å². The molecular weight excluding hydrogens is 270 g/mol. The largest absolute Gasteiger partial charge is 0.460 e. The Morgan fingerprint density at radius 3 is 3.05 bits per heavy atom. The van der Waals surface area contributed by atoms with Crippen LogP contribution in [0.5, 0.6) is 0 Å². The maximum Gasteiger partial charge on any atom is 0.374 e. The van der Waals surface area contributed by atoms with E-state index in [-0.39, 0.29) is 11.8 Å². The molecule has 0 saturated carbocycles. The van der Waals surface area contributed by atoms with E-state index < -0.39 is 5.97 Å². The molecule has 0 aliphatic heterocycles. The van der Waals surface area contributed by atoms with E-state index in [9.17, 15) is 4.79 Å². The second-order valence-electron chi connectivity index (χ2n) is 5.05. The van der Waals surface area contributed by atoms with E-state index in [0.717, 1.165) is 16.3 Å². The number of furan rings is 1. The molecule has 2 aromatic heterocycles. The molecule has 6 heteroatoms. The van der Waals surface area contributed by atoms with E-state index in [0.29, 0.717) is 18.7 Å². The van der Waals surface area contributed by atoms with Crippen molar-refractivity contribution in [2.24, 2.45) is 5.73 Å². The molecule has 6 nitrogen and oxygen atoms in total. The molecule has 0 amide bonds. The van der Waals surface area contributed by atoms with Crippen molar-refractivity contribution in [1.29, 1.82) is 0 Å². The van der Waals surface area contributed by atoms with Crippen LogP contribution in [0.15, 0.2) is 28.8 Å². The molecule has 1 atom stereocenters. The van der Waals surface area contributed by atoms with Gasteiger partial charge in [0.05, 0.1) is 24.9 Å². The summed E-state index contributed by atoms with van der Waals surface area (Å²) in [6.07, 6.45) is 1.79. The predicted molar refractivity (Wildman–Crippen MR) is 79.1 cm³/mol. The Morgan fingerprint density at radius 2 is 2.33 bits per heavy atom. The second-order valence-corrected chi connectivity index (χ2v) is 5.05. The van der Waals surface area contributed by atoms with Gasteiger partial charge in [0.25, 0.3) is 0 Å². The predicted octanol–water partition coefficient (Wildman–Crippen LogP) is 2.31. The summed E-state index contributed by atoms with van der Waals surface area (Å²) in [7, 11) is 0. The number of carbonyl (C=O) groups is 1. The van der Waals surface area contributed by atoms with Gasteiger partial charge in [0.15, 0.2) is 0 Å². The van der Waals surface area contributed by atoms with E-state index >= 15 is 0 Å². The number of carbonyl (C=O) groups excluding carboxylic acids is 1. The number of nitrogens with zero attached hydrogens (tertiary/aromatic N) is 2. The lowest BCUT2D eigenvalue weighted by Crippen LogP contribution is -2.22. The minimum atomic E-state index is -0.458. The first kappa shape index (κ1) is 13.6. The first-order valence-electron chi connectivity index (χ1n) is 6.91. The second kappa shape index (κ2) is 5.21. The van der Waals surface area contributed by atoms with Gasteiger partial charge in [-0.25, -0.2) is 4.79 Å². The van der Waals surface area contributed by atoms with Crippen LogP contribution >= 0.6 is 0 Å². The van der Waals surface area contributed by atoms with E-state index in [1.165, 1.54) is 0 Å². The normalized spacial score (nSPS) is 12.9. The van der Waals surface area contributed by atoms with Crippen LogP contribution in [0, 0.1) is 0 Å². The number of esters is 1. The average molecular weight is 287 g/mol. The number of ether oxygens (including phenoxy) is 1. The van der Waals surface area contributed by atoms with Crippen molar-refractivity contribution in [3.05, 3.63) is 30.2 Å². The van der Waals surface area contributed by atoms with Gasteiger partial charge in [-0.3, -0.25) is 4.68 Å². The summed E-state index contributed by atoms with van der Waals surface area (Å²) in [6, 6.07) is 5.44. The Morgan fingerprint density at radius 1 is 1.52 bits per heavy atom. The lowest BCUT2D eigenvalue weighted by molar-refractivity contribution is 0.0492. The third-order valence-electron chi connectivity index (χ3n) is 3.24. The fourth-order valence-corrected chi connectivity index (χ4v) is 2.41. The Balaban J connectivity index is 2.17. The van der Waals surface area contributed by atoms with Crippen LogP contribution in [0.3, 0.4) is 0 Å². The van der Waals surface area contributed by atoms with E-state index in [1.54, 1.807) is 19.2 Å². The fourth-order valence-electron chi connectivity index (χ4n) is 2.41. The molecular formula is C15H17N3O3. The number of hydrogen-bond acceptors (Lipinski definition) is 5. The van der Waals surface area contributed by atoms with Gasteiger partial charge in [-0.15, -0.1) is 0 Å². The lowest BCUT2D eigenvalue weighted by atomic mass is 10.2. The third-order valence-corrected chi connectivity index (χ3v) is 3.24. The van der Waals surface area contributed by atoms with Crippen molar-refractivity contribution in [3.8, 4) is 0 Å². The number of rotatable bonds is 4. The maximum absolute atomic E-state index is 11.8. The minimum absolute atomic E-state index is 0.0141.